The van der Waals surface area contributed by atoms with Gasteiger partial charge in [-0.15, -0.1) is 0 Å². The molecule has 5 nitrogen and oxygen atoms in total. The molecule has 0 unspecified atom stereocenters. The van der Waals surface area contributed by atoms with E-state index in [0.717, 1.165) is 30.4 Å². The molecule has 0 bridgehead atoms. The zero-order valence-corrected chi connectivity index (χ0v) is 15.7. The number of amides is 1. The third-order valence-corrected chi connectivity index (χ3v) is 7.46. The van der Waals surface area contributed by atoms with Crippen LogP contribution < -0.4 is 5.32 Å². The molecule has 26 heavy (non-hydrogen) atoms. The molecule has 4 rings (SSSR count). The number of hydrogen-bond donors (Lipinski definition) is 1. The van der Waals surface area contributed by atoms with Crippen LogP contribution in [0.3, 0.4) is 0 Å². The highest BCUT2D eigenvalue weighted by molar-refractivity contribution is 7.89. The zero-order chi connectivity index (χ0) is 18.5. The van der Waals surface area contributed by atoms with Gasteiger partial charge in [-0.2, -0.15) is 4.31 Å². The standard InChI is InChI=1S/C20H22N2O3S/c1-13-17-12-15(10-11-18(17)21-20(13)23)26(24,25)22(2)19-9-5-7-14-6-3-4-8-16(14)19/h3-4,6,8,10-13,19H,5,7,9H2,1-2H3,(H,21,23)/t13-,19+/m0/s1. The van der Waals surface area contributed by atoms with Gasteiger partial charge in [-0.3, -0.25) is 4.79 Å². The summed E-state index contributed by atoms with van der Waals surface area (Å²) < 4.78 is 28.0. The Labute approximate surface area is 154 Å². The van der Waals surface area contributed by atoms with E-state index < -0.39 is 10.0 Å². The summed E-state index contributed by atoms with van der Waals surface area (Å²) in [7, 11) is -1.99. The lowest BCUT2D eigenvalue weighted by molar-refractivity contribution is -0.116. The van der Waals surface area contributed by atoms with Gasteiger partial charge in [0.25, 0.3) is 0 Å². The Kier molecular flexibility index (Phi) is 4.12. The van der Waals surface area contributed by atoms with E-state index >= 15 is 0 Å². The molecule has 2 aromatic rings. The molecule has 136 valence electrons. The summed E-state index contributed by atoms with van der Waals surface area (Å²) in [6.45, 7) is 1.79. The Morgan fingerprint density at radius 1 is 1.12 bits per heavy atom. The first kappa shape index (κ1) is 17.2. The summed E-state index contributed by atoms with van der Waals surface area (Å²) >= 11 is 0. The second kappa shape index (κ2) is 6.21. The van der Waals surface area contributed by atoms with E-state index in [-0.39, 0.29) is 22.8 Å². The third-order valence-electron chi connectivity index (χ3n) is 5.59. The number of fused-ring (bicyclic) bond motifs is 2. The molecule has 0 fully saturated rings. The van der Waals surface area contributed by atoms with Crippen LogP contribution in [-0.4, -0.2) is 25.7 Å². The predicted octanol–water partition coefficient (Wildman–Crippen LogP) is 3.44. The normalized spacial score (nSPS) is 22.0. The van der Waals surface area contributed by atoms with Crippen molar-refractivity contribution in [2.45, 2.75) is 43.0 Å². The van der Waals surface area contributed by atoms with Crippen LogP contribution in [0.1, 0.15) is 48.4 Å². The lowest BCUT2D eigenvalue weighted by Gasteiger charge is -2.32. The maximum absolute atomic E-state index is 13.2. The Hall–Kier alpha value is -2.18. The Morgan fingerprint density at radius 2 is 1.88 bits per heavy atom. The van der Waals surface area contributed by atoms with Gasteiger partial charge in [-0.05, 0) is 61.1 Å². The van der Waals surface area contributed by atoms with E-state index in [2.05, 4.69) is 11.4 Å². The number of carbonyl (C=O) groups is 1. The van der Waals surface area contributed by atoms with Crippen molar-refractivity contribution in [2.24, 2.45) is 0 Å². The topological polar surface area (TPSA) is 66.5 Å². The number of carbonyl (C=O) groups excluding carboxylic acids is 1. The molecule has 0 spiro atoms. The second-order valence-electron chi connectivity index (χ2n) is 7.09. The SMILES string of the molecule is C[C@@H]1C(=O)Nc2ccc(S(=O)(=O)N(C)[C@@H]3CCCc4ccccc43)cc21. The van der Waals surface area contributed by atoms with Crippen LogP contribution in [0.2, 0.25) is 0 Å². The van der Waals surface area contributed by atoms with Gasteiger partial charge in [0.2, 0.25) is 15.9 Å². The molecule has 0 saturated heterocycles. The highest BCUT2D eigenvalue weighted by Crippen LogP contribution is 2.38. The highest BCUT2D eigenvalue weighted by atomic mass is 32.2. The number of benzene rings is 2. The second-order valence-corrected chi connectivity index (χ2v) is 9.09. The molecule has 2 atom stereocenters. The van der Waals surface area contributed by atoms with Crippen LogP contribution in [0.5, 0.6) is 0 Å². The lowest BCUT2D eigenvalue weighted by atomic mass is 9.88. The van der Waals surface area contributed by atoms with E-state index in [1.54, 1.807) is 32.2 Å². The van der Waals surface area contributed by atoms with E-state index in [1.807, 2.05) is 18.2 Å². The summed E-state index contributed by atoms with van der Waals surface area (Å²) in [6, 6.07) is 12.8. The van der Waals surface area contributed by atoms with Crippen LogP contribution >= 0.6 is 0 Å². The fourth-order valence-corrected chi connectivity index (χ4v) is 5.40. The Bertz CT molecular complexity index is 984. The van der Waals surface area contributed by atoms with Crippen LogP contribution in [0.4, 0.5) is 5.69 Å². The average Bonchev–Trinajstić information content (AvgIpc) is 2.94. The first-order valence-corrected chi connectivity index (χ1v) is 10.3. The molecule has 1 aliphatic carbocycles. The van der Waals surface area contributed by atoms with Gasteiger partial charge in [-0.1, -0.05) is 24.3 Å². The van der Waals surface area contributed by atoms with E-state index in [9.17, 15) is 13.2 Å². The first-order chi connectivity index (χ1) is 12.4. The number of aryl methyl sites for hydroxylation is 1. The molecule has 2 aliphatic rings. The van der Waals surface area contributed by atoms with Crippen molar-refractivity contribution in [1.29, 1.82) is 0 Å². The van der Waals surface area contributed by atoms with Gasteiger partial charge in [0.15, 0.2) is 0 Å². The maximum atomic E-state index is 13.2. The average molecular weight is 370 g/mol. The predicted molar refractivity (Wildman–Crippen MR) is 101 cm³/mol. The number of rotatable bonds is 3. The minimum Gasteiger partial charge on any atom is -0.325 e. The molecule has 0 saturated carbocycles. The number of hydrogen-bond acceptors (Lipinski definition) is 3. The fraction of sp³-hybridized carbons (Fsp3) is 0.350. The molecule has 1 aliphatic heterocycles. The van der Waals surface area contributed by atoms with Crippen LogP contribution in [0.15, 0.2) is 47.4 Å². The molecule has 1 heterocycles. The van der Waals surface area contributed by atoms with Crippen molar-refractivity contribution in [3.63, 3.8) is 0 Å². The Balaban J connectivity index is 1.71. The van der Waals surface area contributed by atoms with Gasteiger partial charge in [0.1, 0.15) is 0 Å². The molecule has 0 radical (unpaired) electrons. The van der Waals surface area contributed by atoms with Crippen molar-refractivity contribution in [1.82, 2.24) is 4.31 Å². The number of anilines is 1. The van der Waals surface area contributed by atoms with Crippen molar-refractivity contribution in [2.75, 3.05) is 12.4 Å². The molecule has 2 aromatic carbocycles. The summed E-state index contributed by atoms with van der Waals surface area (Å²) in [5.74, 6) is -0.426. The van der Waals surface area contributed by atoms with Crippen LogP contribution in [-0.2, 0) is 21.2 Å². The molecule has 0 aromatic heterocycles. The van der Waals surface area contributed by atoms with Gasteiger partial charge in [0, 0.05) is 18.8 Å². The van der Waals surface area contributed by atoms with Crippen molar-refractivity contribution in [3.8, 4) is 0 Å². The zero-order valence-electron chi connectivity index (χ0n) is 14.9. The molecular weight excluding hydrogens is 348 g/mol. The number of sulfonamides is 1. The Morgan fingerprint density at radius 3 is 2.69 bits per heavy atom. The third kappa shape index (κ3) is 2.64. The molecular formula is C20H22N2O3S. The smallest absolute Gasteiger partial charge is 0.243 e. The minimum absolute atomic E-state index is 0.0934. The van der Waals surface area contributed by atoms with Gasteiger partial charge < -0.3 is 5.32 Å². The summed E-state index contributed by atoms with van der Waals surface area (Å²) in [5.41, 5.74) is 3.76. The molecule has 1 N–H and O–H groups in total. The van der Waals surface area contributed by atoms with Crippen LogP contribution in [0.25, 0.3) is 0 Å². The van der Waals surface area contributed by atoms with Gasteiger partial charge in [0.05, 0.1) is 10.8 Å². The number of nitrogens with zero attached hydrogens (tertiary/aromatic N) is 1. The maximum Gasteiger partial charge on any atom is 0.243 e. The monoisotopic (exact) mass is 370 g/mol. The van der Waals surface area contributed by atoms with Crippen molar-refractivity contribution >= 4 is 21.6 Å². The van der Waals surface area contributed by atoms with E-state index in [0.29, 0.717) is 5.69 Å². The van der Waals surface area contributed by atoms with Gasteiger partial charge in [-0.25, -0.2) is 8.42 Å². The lowest BCUT2D eigenvalue weighted by Crippen LogP contribution is -2.33. The summed E-state index contributed by atoms with van der Waals surface area (Å²) in [4.78, 5) is 12.1. The fourth-order valence-electron chi connectivity index (χ4n) is 4.00. The van der Waals surface area contributed by atoms with E-state index in [1.165, 1.54) is 9.87 Å². The largest absolute Gasteiger partial charge is 0.325 e. The highest BCUT2D eigenvalue weighted by Gasteiger charge is 2.34. The van der Waals surface area contributed by atoms with Crippen LogP contribution in [0, 0.1) is 0 Å². The quantitative estimate of drug-likeness (QED) is 0.900. The summed E-state index contributed by atoms with van der Waals surface area (Å²) in [5, 5.41) is 2.78. The minimum atomic E-state index is -3.65. The molecule has 1 amide bonds. The summed E-state index contributed by atoms with van der Waals surface area (Å²) in [6.07, 6.45) is 2.78. The van der Waals surface area contributed by atoms with Crippen molar-refractivity contribution in [3.05, 3.63) is 59.2 Å². The van der Waals surface area contributed by atoms with E-state index in [4.69, 9.17) is 0 Å². The molecule has 6 heteroatoms. The van der Waals surface area contributed by atoms with Crippen molar-refractivity contribution < 1.29 is 13.2 Å². The first-order valence-electron chi connectivity index (χ1n) is 8.90. The van der Waals surface area contributed by atoms with Gasteiger partial charge >= 0.3 is 0 Å². The number of nitrogens with one attached hydrogen (secondary N) is 1.